The molecular weight excluding hydrogens is 526 g/mol. The highest BCUT2D eigenvalue weighted by Crippen LogP contribution is 2.52. The number of carbonyl (C=O) groups excluding carboxylic acids is 3. The first kappa shape index (κ1) is 25.9. The van der Waals surface area contributed by atoms with Crippen LogP contribution >= 0.6 is 0 Å². The molecule has 7 heteroatoms. The molecule has 3 aromatic carbocycles. The molecule has 7 nitrogen and oxygen atoms in total. The molecule has 1 aliphatic heterocycles. The van der Waals surface area contributed by atoms with Crippen LogP contribution in [0.25, 0.3) is 28.2 Å². The molecule has 4 aromatic rings. The number of benzene rings is 3. The summed E-state index contributed by atoms with van der Waals surface area (Å²) in [6.07, 6.45) is 6.67. The molecule has 2 heterocycles. The van der Waals surface area contributed by atoms with E-state index in [1.165, 1.54) is 0 Å². The van der Waals surface area contributed by atoms with Gasteiger partial charge >= 0.3 is 5.97 Å². The van der Waals surface area contributed by atoms with E-state index < -0.39 is 0 Å². The number of amides is 2. The van der Waals surface area contributed by atoms with E-state index in [0.29, 0.717) is 12.2 Å². The van der Waals surface area contributed by atoms with Crippen LogP contribution in [0.5, 0.6) is 0 Å². The highest BCUT2D eigenvalue weighted by molar-refractivity contribution is 6.07. The summed E-state index contributed by atoms with van der Waals surface area (Å²) in [6.45, 7) is 2.09. The van der Waals surface area contributed by atoms with Gasteiger partial charge in [0.1, 0.15) is 0 Å². The van der Waals surface area contributed by atoms with Crippen molar-refractivity contribution in [1.82, 2.24) is 9.58 Å². The number of hydrazone groups is 1. The number of nitrogens with zero attached hydrogens (tertiary/aromatic N) is 3. The van der Waals surface area contributed by atoms with E-state index >= 15 is 0 Å². The fraction of sp³-hybridized carbons (Fsp3) is 0.200. The Morgan fingerprint density at radius 1 is 0.857 bits per heavy atom. The number of rotatable bonds is 7. The number of hydrogen-bond donors (Lipinski definition) is 0. The van der Waals surface area contributed by atoms with Crippen LogP contribution in [-0.2, 0) is 14.3 Å². The van der Waals surface area contributed by atoms with E-state index in [2.05, 4.69) is 21.8 Å². The van der Waals surface area contributed by atoms with Gasteiger partial charge < -0.3 is 9.30 Å². The maximum Gasteiger partial charge on any atom is 0.338 e. The Bertz CT molecular complexity index is 1710. The first-order chi connectivity index (χ1) is 20.5. The molecule has 1 aromatic heterocycles. The van der Waals surface area contributed by atoms with Crippen molar-refractivity contribution in [3.63, 3.8) is 0 Å². The number of hydrogen-bond acceptors (Lipinski definition) is 5. The number of aromatic nitrogens is 1. The van der Waals surface area contributed by atoms with E-state index in [0.717, 1.165) is 45.2 Å². The SMILES string of the molecule is CCOC(=O)c1ccc(-n2c(-c3ccccc3)cc(C=NN3C(=O)[C@@H]4[C@H](C3=O)[C@H]3C=C[C@H]4C3)c2-c2ccccc2)cc1. The number of allylic oxidation sites excluding steroid dienone is 2. The summed E-state index contributed by atoms with van der Waals surface area (Å²) in [5.74, 6) is -1.15. The Morgan fingerprint density at radius 3 is 2.05 bits per heavy atom. The highest BCUT2D eigenvalue weighted by atomic mass is 16.5. The second-order valence-corrected chi connectivity index (χ2v) is 10.9. The number of imide groups is 1. The van der Waals surface area contributed by atoms with Crippen molar-refractivity contribution in [3.05, 3.63) is 114 Å². The van der Waals surface area contributed by atoms with Gasteiger partial charge in [-0.2, -0.15) is 10.1 Å². The molecule has 208 valence electrons. The Kier molecular flexibility index (Phi) is 6.42. The predicted molar refractivity (Wildman–Crippen MR) is 160 cm³/mol. The third-order valence-electron chi connectivity index (χ3n) is 8.54. The van der Waals surface area contributed by atoms with Gasteiger partial charge in [-0.05, 0) is 66.6 Å². The molecule has 7 rings (SSSR count). The number of carbonyl (C=O) groups is 3. The Hall–Kier alpha value is -5.04. The molecule has 2 aliphatic carbocycles. The van der Waals surface area contributed by atoms with Gasteiger partial charge in [0.2, 0.25) is 0 Å². The van der Waals surface area contributed by atoms with Gasteiger partial charge in [-0.3, -0.25) is 9.59 Å². The van der Waals surface area contributed by atoms with Gasteiger partial charge in [-0.15, -0.1) is 0 Å². The maximum absolute atomic E-state index is 13.3. The summed E-state index contributed by atoms with van der Waals surface area (Å²) in [6, 6.07) is 29.3. The molecule has 2 fully saturated rings. The molecule has 0 N–H and O–H groups in total. The third kappa shape index (κ3) is 4.20. The van der Waals surface area contributed by atoms with Crippen molar-refractivity contribution in [1.29, 1.82) is 0 Å². The summed E-state index contributed by atoms with van der Waals surface area (Å²) in [4.78, 5) is 39.0. The van der Waals surface area contributed by atoms with Crippen LogP contribution in [0, 0.1) is 23.7 Å². The molecule has 0 radical (unpaired) electrons. The Labute approximate surface area is 243 Å². The van der Waals surface area contributed by atoms with Crippen molar-refractivity contribution in [2.45, 2.75) is 13.3 Å². The van der Waals surface area contributed by atoms with Crippen LogP contribution in [0.15, 0.2) is 108 Å². The molecule has 42 heavy (non-hydrogen) atoms. The lowest BCUT2D eigenvalue weighted by Crippen LogP contribution is -2.28. The third-order valence-corrected chi connectivity index (χ3v) is 8.54. The summed E-state index contributed by atoms with van der Waals surface area (Å²) >= 11 is 0. The quantitative estimate of drug-likeness (QED) is 0.119. The molecular formula is C35H29N3O4. The predicted octanol–water partition coefficient (Wildman–Crippen LogP) is 6.13. The van der Waals surface area contributed by atoms with Crippen LogP contribution in [0.2, 0.25) is 0 Å². The maximum atomic E-state index is 13.3. The molecule has 3 aliphatic rings. The highest BCUT2D eigenvalue weighted by Gasteiger charge is 2.59. The standard InChI is InChI=1S/C35H29N3O4/c1-2-42-35(41)24-15-17-28(18-16-24)37-29(22-9-5-3-6-10-22)20-27(32(37)23-11-7-4-8-12-23)21-36-38-33(39)30-25-13-14-26(19-25)31(30)34(38)40/h3-18,20-21,25-26,30-31H,2,19H2,1H3/t25-,26-,30-,31+/m0/s1. The van der Waals surface area contributed by atoms with E-state index in [4.69, 9.17) is 4.74 Å². The second-order valence-electron chi connectivity index (χ2n) is 10.9. The minimum absolute atomic E-state index is 0.125. The number of ether oxygens (including phenoxy) is 1. The lowest BCUT2D eigenvalue weighted by Gasteiger charge is -2.16. The molecule has 1 saturated heterocycles. The molecule has 0 spiro atoms. The van der Waals surface area contributed by atoms with Crippen molar-refractivity contribution >= 4 is 24.0 Å². The van der Waals surface area contributed by atoms with Gasteiger partial charge in [0.05, 0.1) is 41.6 Å². The summed E-state index contributed by atoms with van der Waals surface area (Å²) in [5.41, 5.74) is 5.74. The van der Waals surface area contributed by atoms with Crippen molar-refractivity contribution in [2.24, 2.45) is 28.8 Å². The molecule has 2 amide bonds. The van der Waals surface area contributed by atoms with Gasteiger partial charge in [-0.1, -0.05) is 72.8 Å². The first-order valence-corrected chi connectivity index (χ1v) is 14.3. The zero-order chi connectivity index (χ0) is 28.8. The van der Waals surface area contributed by atoms with Crippen LogP contribution in [-0.4, -0.2) is 40.2 Å². The molecule has 2 bridgehead atoms. The first-order valence-electron chi connectivity index (χ1n) is 14.3. The van der Waals surface area contributed by atoms with E-state index in [1.54, 1.807) is 25.3 Å². The van der Waals surface area contributed by atoms with E-state index in [9.17, 15) is 14.4 Å². The van der Waals surface area contributed by atoms with Crippen molar-refractivity contribution in [2.75, 3.05) is 6.61 Å². The molecule has 4 atom stereocenters. The Morgan fingerprint density at radius 2 is 1.45 bits per heavy atom. The normalized spacial score (nSPS) is 22.4. The van der Waals surface area contributed by atoms with Gasteiger partial charge in [0.25, 0.3) is 11.8 Å². The van der Waals surface area contributed by atoms with Crippen LogP contribution < -0.4 is 0 Å². The molecule has 1 saturated carbocycles. The summed E-state index contributed by atoms with van der Waals surface area (Å²) < 4.78 is 7.30. The summed E-state index contributed by atoms with van der Waals surface area (Å²) in [5, 5.41) is 5.61. The van der Waals surface area contributed by atoms with Gasteiger partial charge in [0.15, 0.2) is 0 Å². The lowest BCUT2D eigenvalue weighted by atomic mass is 9.85. The summed E-state index contributed by atoms with van der Waals surface area (Å²) in [7, 11) is 0. The van der Waals surface area contributed by atoms with Crippen molar-refractivity contribution < 1.29 is 19.1 Å². The minimum Gasteiger partial charge on any atom is -0.462 e. The zero-order valence-electron chi connectivity index (χ0n) is 23.1. The second kappa shape index (κ2) is 10.4. The topological polar surface area (TPSA) is 81.0 Å². The average Bonchev–Trinajstić information content (AvgIpc) is 3.80. The van der Waals surface area contributed by atoms with Crippen molar-refractivity contribution in [3.8, 4) is 28.2 Å². The smallest absolute Gasteiger partial charge is 0.338 e. The fourth-order valence-corrected chi connectivity index (χ4v) is 6.69. The van der Waals surface area contributed by atoms with E-state index in [-0.39, 0.29) is 41.5 Å². The van der Waals surface area contributed by atoms with E-state index in [1.807, 2.05) is 78.9 Å². The molecule has 0 unspecified atom stereocenters. The Balaban J connectivity index is 1.36. The van der Waals surface area contributed by atoms with Gasteiger partial charge in [-0.25, -0.2) is 4.79 Å². The lowest BCUT2D eigenvalue weighted by molar-refractivity contribution is -0.140. The van der Waals surface area contributed by atoms with Crippen LogP contribution in [0.3, 0.4) is 0 Å². The average molecular weight is 556 g/mol. The van der Waals surface area contributed by atoms with Crippen LogP contribution in [0.4, 0.5) is 0 Å². The number of esters is 1. The fourth-order valence-electron chi connectivity index (χ4n) is 6.69. The van der Waals surface area contributed by atoms with Gasteiger partial charge in [0, 0.05) is 11.3 Å². The number of fused-ring (bicyclic) bond motifs is 5. The zero-order valence-corrected chi connectivity index (χ0v) is 23.1. The largest absolute Gasteiger partial charge is 0.462 e. The minimum atomic E-state index is -0.371. The monoisotopic (exact) mass is 555 g/mol. The van der Waals surface area contributed by atoms with Crippen LogP contribution in [0.1, 0.15) is 29.3 Å².